The minimum atomic E-state index is -0.570. The Balaban J connectivity index is 2.55. The van der Waals surface area contributed by atoms with Crippen LogP contribution in [0.2, 0.25) is 0 Å². The maximum absolute atomic E-state index is 11.8. The van der Waals surface area contributed by atoms with Gasteiger partial charge in [0.1, 0.15) is 11.6 Å². The lowest BCUT2D eigenvalue weighted by Crippen LogP contribution is -2.38. The predicted octanol–water partition coefficient (Wildman–Crippen LogP) is 2.85. The van der Waals surface area contributed by atoms with Crippen LogP contribution < -0.4 is 5.73 Å². The molecule has 2 N–H and O–H groups in total. The normalized spacial score (nSPS) is 14.9. The second kappa shape index (κ2) is 6.01. The zero-order valence-corrected chi connectivity index (χ0v) is 11.6. The molecule has 1 aromatic rings. The van der Waals surface area contributed by atoms with Crippen molar-refractivity contribution in [3.8, 4) is 0 Å². The summed E-state index contributed by atoms with van der Waals surface area (Å²) in [7, 11) is 0. The smallest absolute Gasteiger partial charge is 0.323 e. The summed E-state index contributed by atoms with van der Waals surface area (Å²) in [6, 6.07) is 9.48. The zero-order valence-electron chi connectivity index (χ0n) is 11.6. The molecule has 2 unspecified atom stereocenters. The highest BCUT2D eigenvalue weighted by Crippen LogP contribution is 2.20. The quantitative estimate of drug-likeness (QED) is 0.835. The van der Waals surface area contributed by atoms with Crippen molar-refractivity contribution in [3.63, 3.8) is 0 Å². The first-order chi connectivity index (χ1) is 8.29. The molecule has 0 saturated heterocycles. The topological polar surface area (TPSA) is 52.3 Å². The number of benzene rings is 1. The second-order valence-corrected chi connectivity index (χ2v) is 5.69. The van der Waals surface area contributed by atoms with Crippen molar-refractivity contribution in [1.29, 1.82) is 0 Å². The number of nitrogens with two attached hydrogens (primary N) is 1. The molecule has 0 fully saturated rings. The average molecular weight is 249 g/mol. The van der Waals surface area contributed by atoms with E-state index in [0.717, 1.165) is 0 Å². The van der Waals surface area contributed by atoms with Crippen molar-refractivity contribution >= 4 is 5.97 Å². The lowest BCUT2D eigenvalue weighted by Gasteiger charge is -2.23. The van der Waals surface area contributed by atoms with Gasteiger partial charge in [-0.05, 0) is 38.7 Å². The van der Waals surface area contributed by atoms with Gasteiger partial charge in [-0.2, -0.15) is 0 Å². The van der Waals surface area contributed by atoms with E-state index < -0.39 is 11.6 Å². The Morgan fingerprint density at radius 1 is 1.28 bits per heavy atom. The van der Waals surface area contributed by atoms with Crippen LogP contribution in [0.15, 0.2) is 30.3 Å². The van der Waals surface area contributed by atoms with Gasteiger partial charge < -0.3 is 10.5 Å². The molecule has 0 radical (unpaired) electrons. The molecule has 0 aromatic heterocycles. The summed E-state index contributed by atoms with van der Waals surface area (Å²) in [6.45, 7) is 7.61. The standard InChI is InChI=1S/C15H23NO2/c1-11(12-8-6-5-7-9-12)10-13(16)14(17)18-15(2,3)4/h5-9,11,13H,10,16H2,1-4H3. The van der Waals surface area contributed by atoms with Crippen molar-refractivity contribution in [2.24, 2.45) is 5.73 Å². The van der Waals surface area contributed by atoms with Crippen LogP contribution in [-0.4, -0.2) is 17.6 Å². The van der Waals surface area contributed by atoms with Crippen LogP contribution in [0.4, 0.5) is 0 Å². The monoisotopic (exact) mass is 249 g/mol. The highest BCUT2D eigenvalue weighted by molar-refractivity contribution is 5.76. The third-order valence-electron chi connectivity index (χ3n) is 2.69. The fourth-order valence-electron chi connectivity index (χ4n) is 1.77. The molecule has 1 aromatic carbocycles. The molecule has 0 aliphatic rings. The summed E-state index contributed by atoms with van der Waals surface area (Å²) < 4.78 is 5.27. The number of hydrogen-bond donors (Lipinski definition) is 1. The van der Waals surface area contributed by atoms with Crippen molar-refractivity contribution in [3.05, 3.63) is 35.9 Å². The van der Waals surface area contributed by atoms with Gasteiger partial charge in [0.2, 0.25) is 0 Å². The van der Waals surface area contributed by atoms with Gasteiger partial charge in [-0.25, -0.2) is 0 Å². The first kappa shape index (κ1) is 14.7. The molecule has 0 aliphatic carbocycles. The molecule has 18 heavy (non-hydrogen) atoms. The number of hydrogen-bond acceptors (Lipinski definition) is 3. The van der Waals surface area contributed by atoms with E-state index in [9.17, 15) is 4.79 Å². The molecule has 0 aliphatic heterocycles. The predicted molar refractivity (Wildman–Crippen MR) is 73.3 cm³/mol. The van der Waals surface area contributed by atoms with Crippen LogP contribution in [0.3, 0.4) is 0 Å². The number of carbonyl (C=O) groups is 1. The van der Waals surface area contributed by atoms with E-state index in [-0.39, 0.29) is 11.9 Å². The summed E-state index contributed by atoms with van der Waals surface area (Å²) in [6.07, 6.45) is 0.596. The van der Waals surface area contributed by atoms with Gasteiger partial charge in [0.25, 0.3) is 0 Å². The van der Waals surface area contributed by atoms with Crippen LogP contribution in [-0.2, 0) is 9.53 Å². The SMILES string of the molecule is CC(CC(N)C(=O)OC(C)(C)C)c1ccccc1. The molecule has 100 valence electrons. The summed E-state index contributed by atoms with van der Waals surface area (Å²) in [5, 5.41) is 0. The van der Waals surface area contributed by atoms with Gasteiger partial charge in [0.05, 0.1) is 0 Å². The number of carbonyl (C=O) groups excluding carboxylic acids is 1. The van der Waals surface area contributed by atoms with E-state index in [2.05, 4.69) is 6.92 Å². The fourth-order valence-corrected chi connectivity index (χ4v) is 1.77. The van der Waals surface area contributed by atoms with Crippen LogP contribution >= 0.6 is 0 Å². The first-order valence-electron chi connectivity index (χ1n) is 6.33. The Labute approximate surface area is 109 Å². The maximum atomic E-state index is 11.8. The Bertz CT molecular complexity index is 381. The second-order valence-electron chi connectivity index (χ2n) is 5.69. The van der Waals surface area contributed by atoms with Crippen LogP contribution in [0, 0.1) is 0 Å². The summed E-state index contributed by atoms with van der Waals surface area (Å²) in [4.78, 5) is 11.8. The van der Waals surface area contributed by atoms with Crippen molar-refractivity contribution in [2.75, 3.05) is 0 Å². The molecule has 0 spiro atoms. The van der Waals surface area contributed by atoms with Crippen molar-refractivity contribution in [2.45, 2.75) is 51.7 Å². The minimum absolute atomic E-state index is 0.244. The molecular formula is C15H23NO2. The van der Waals surface area contributed by atoms with E-state index in [4.69, 9.17) is 10.5 Å². The number of rotatable bonds is 4. The maximum Gasteiger partial charge on any atom is 0.323 e. The Kier molecular flexibility index (Phi) is 4.91. The number of ether oxygens (including phenoxy) is 1. The van der Waals surface area contributed by atoms with Gasteiger partial charge in [-0.1, -0.05) is 37.3 Å². The lowest BCUT2D eigenvalue weighted by molar-refractivity contribution is -0.156. The fraction of sp³-hybridized carbons (Fsp3) is 0.533. The summed E-state index contributed by atoms with van der Waals surface area (Å²) >= 11 is 0. The summed E-state index contributed by atoms with van der Waals surface area (Å²) in [5.74, 6) is -0.0843. The van der Waals surface area contributed by atoms with Crippen molar-refractivity contribution < 1.29 is 9.53 Å². The molecule has 1 rings (SSSR count). The molecule has 0 saturated carbocycles. The Morgan fingerprint density at radius 2 is 1.83 bits per heavy atom. The van der Waals surface area contributed by atoms with E-state index >= 15 is 0 Å². The Morgan fingerprint density at radius 3 is 2.33 bits per heavy atom. The van der Waals surface area contributed by atoms with Crippen LogP contribution in [0.5, 0.6) is 0 Å². The lowest BCUT2D eigenvalue weighted by atomic mass is 9.94. The summed E-state index contributed by atoms with van der Waals surface area (Å²) in [5.41, 5.74) is 6.60. The van der Waals surface area contributed by atoms with E-state index in [0.29, 0.717) is 6.42 Å². The molecule has 3 heteroatoms. The zero-order chi connectivity index (χ0) is 13.8. The number of esters is 1. The molecule has 0 heterocycles. The third-order valence-corrected chi connectivity index (χ3v) is 2.69. The van der Waals surface area contributed by atoms with Gasteiger partial charge in [0, 0.05) is 0 Å². The highest BCUT2D eigenvalue weighted by atomic mass is 16.6. The molecule has 3 nitrogen and oxygen atoms in total. The minimum Gasteiger partial charge on any atom is -0.459 e. The van der Waals surface area contributed by atoms with E-state index in [1.807, 2.05) is 51.1 Å². The van der Waals surface area contributed by atoms with E-state index in [1.54, 1.807) is 0 Å². The molecular weight excluding hydrogens is 226 g/mol. The molecule has 0 bridgehead atoms. The molecule has 2 atom stereocenters. The Hall–Kier alpha value is -1.35. The largest absolute Gasteiger partial charge is 0.459 e. The highest BCUT2D eigenvalue weighted by Gasteiger charge is 2.23. The first-order valence-corrected chi connectivity index (χ1v) is 6.33. The third kappa shape index (κ3) is 4.88. The van der Waals surface area contributed by atoms with Gasteiger partial charge in [0.15, 0.2) is 0 Å². The molecule has 0 amide bonds. The van der Waals surface area contributed by atoms with Crippen molar-refractivity contribution in [1.82, 2.24) is 0 Å². The van der Waals surface area contributed by atoms with Crippen LogP contribution in [0.1, 0.15) is 45.6 Å². The van der Waals surface area contributed by atoms with Gasteiger partial charge >= 0.3 is 5.97 Å². The van der Waals surface area contributed by atoms with E-state index in [1.165, 1.54) is 5.56 Å². The average Bonchev–Trinajstić information content (AvgIpc) is 2.27. The van der Waals surface area contributed by atoms with Gasteiger partial charge in [-0.3, -0.25) is 4.79 Å². The van der Waals surface area contributed by atoms with Gasteiger partial charge in [-0.15, -0.1) is 0 Å². The van der Waals surface area contributed by atoms with Crippen LogP contribution in [0.25, 0.3) is 0 Å².